The van der Waals surface area contributed by atoms with Gasteiger partial charge in [-0.1, -0.05) is 66.7 Å². The molecule has 0 aromatic heterocycles. The highest BCUT2D eigenvalue weighted by atomic mass is 16.5. The maximum Gasteiger partial charge on any atom is 0.127 e. The van der Waals surface area contributed by atoms with Crippen molar-refractivity contribution in [1.29, 1.82) is 0 Å². The van der Waals surface area contributed by atoms with E-state index >= 15 is 0 Å². The van der Waals surface area contributed by atoms with Crippen molar-refractivity contribution in [2.75, 3.05) is 7.11 Å². The van der Waals surface area contributed by atoms with Gasteiger partial charge in [-0.25, -0.2) is 0 Å². The largest absolute Gasteiger partial charge is 0.496 e. The second-order valence-corrected chi connectivity index (χ2v) is 4.57. The van der Waals surface area contributed by atoms with Gasteiger partial charge in [-0.2, -0.15) is 0 Å². The predicted molar refractivity (Wildman–Crippen MR) is 82.7 cm³/mol. The summed E-state index contributed by atoms with van der Waals surface area (Å²) in [4.78, 5) is 0. The summed E-state index contributed by atoms with van der Waals surface area (Å²) in [7, 11) is 1.71. The van der Waals surface area contributed by atoms with Crippen LogP contribution in [0.5, 0.6) is 5.75 Å². The summed E-state index contributed by atoms with van der Waals surface area (Å²) >= 11 is 0. The summed E-state index contributed by atoms with van der Waals surface area (Å²) in [6, 6.07) is 27.6. The van der Waals surface area contributed by atoms with Gasteiger partial charge in [-0.3, -0.25) is 0 Å². The normalized spacial score (nSPS) is 10.2. The molecule has 1 radical (unpaired) electrons. The van der Waals surface area contributed by atoms with Crippen LogP contribution in [0.2, 0.25) is 0 Å². The maximum absolute atomic E-state index is 5.55. The number of ether oxygens (including phenoxy) is 1. The molecule has 0 spiro atoms. The Kier molecular flexibility index (Phi) is 3.51. The van der Waals surface area contributed by atoms with Gasteiger partial charge in [0.05, 0.1) is 7.11 Å². The molecule has 20 heavy (non-hydrogen) atoms. The van der Waals surface area contributed by atoms with E-state index in [1.165, 1.54) is 5.56 Å². The van der Waals surface area contributed by atoms with Gasteiger partial charge in [0.2, 0.25) is 0 Å². The van der Waals surface area contributed by atoms with Crippen molar-refractivity contribution in [2.24, 2.45) is 0 Å². The Labute approximate surface area is 119 Å². The number of methoxy groups -OCH3 is 1. The molecule has 1 nitrogen and oxygen atoms in total. The van der Waals surface area contributed by atoms with E-state index in [1.807, 2.05) is 30.3 Å². The first-order valence-corrected chi connectivity index (χ1v) is 6.58. The standard InChI is InChI=1S/C19H15O/c1-20-19-14-17(15-8-4-2-5-9-15)12-13-18(19)16-10-6-3-7-11-16/h3-14H,1H3. The average molecular weight is 259 g/mol. The Bertz CT molecular complexity index is 687. The third kappa shape index (κ3) is 2.43. The molecule has 3 aromatic carbocycles. The smallest absolute Gasteiger partial charge is 0.127 e. The van der Waals surface area contributed by atoms with Gasteiger partial charge in [-0.05, 0) is 28.8 Å². The summed E-state index contributed by atoms with van der Waals surface area (Å²) in [5.74, 6) is 0.890. The lowest BCUT2D eigenvalue weighted by Gasteiger charge is -2.11. The van der Waals surface area contributed by atoms with Crippen molar-refractivity contribution in [1.82, 2.24) is 0 Å². The molecule has 3 aromatic rings. The average Bonchev–Trinajstić information content (AvgIpc) is 2.56. The van der Waals surface area contributed by atoms with Gasteiger partial charge in [0.25, 0.3) is 0 Å². The highest BCUT2D eigenvalue weighted by Crippen LogP contribution is 2.33. The van der Waals surface area contributed by atoms with E-state index in [1.54, 1.807) is 7.11 Å². The Morgan fingerprint density at radius 2 is 1.50 bits per heavy atom. The van der Waals surface area contributed by atoms with Crippen molar-refractivity contribution < 1.29 is 4.74 Å². The molecule has 0 bridgehead atoms. The van der Waals surface area contributed by atoms with E-state index < -0.39 is 0 Å². The zero-order valence-electron chi connectivity index (χ0n) is 11.3. The van der Waals surface area contributed by atoms with Crippen LogP contribution in [0.1, 0.15) is 0 Å². The fourth-order valence-corrected chi connectivity index (χ4v) is 2.31. The second-order valence-electron chi connectivity index (χ2n) is 4.57. The molecule has 0 aliphatic heterocycles. The van der Waals surface area contributed by atoms with Crippen LogP contribution in [0.4, 0.5) is 0 Å². The van der Waals surface area contributed by atoms with Crippen molar-refractivity contribution in [2.45, 2.75) is 0 Å². The third-order valence-corrected chi connectivity index (χ3v) is 3.34. The topological polar surface area (TPSA) is 9.23 Å². The molecular formula is C19H15O. The predicted octanol–water partition coefficient (Wildman–Crippen LogP) is 4.83. The Hall–Kier alpha value is -2.54. The molecule has 0 aliphatic carbocycles. The minimum Gasteiger partial charge on any atom is -0.496 e. The fourth-order valence-electron chi connectivity index (χ4n) is 2.31. The van der Waals surface area contributed by atoms with Gasteiger partial charge in [0.15, 0.2) is 0 Å². The molecule has 0 saturated heterocycles. The van der Waals surface area contributed by atoms with Crippen molar-refractivity contribution >= 4 is 0 Å². The molecule has 0 amide bonds. The van der Waals surface area contributed by atoms with Crippen molar-refractivity contribution in [3.05, 3.63) is 78.9 Å². The zero-order chi connectivity index (χ0) is 13.8. The first-order chi connectivity index (χ1) is 9.88. The Morgan fingerprint density at radius 1 is 0.750 bits per heavy atom. The van der Waals surface area contributed by atoms with Crippen LogP contribution in [0, 0.1) is 6.07 Å². The van der Waals surface area contributed by atoms with Crippen LogP contribution in [0.25, 0.3) is 22.3 Å². The van der Waals surface area contributed by atoms with Gasteiger partial charge in [0, 0.05) is 5.56 Å². The first-order valence-electron chi connectivity index (χ1n) is 6.58. The summed E-state index contributed by atoms with van der Waals surface area (Å²) in [6.07, 6.45) is 0. The minimum absolute atomic E-state index is 0.890. The molecule has 97 valence electrons. The van der Waals surface area contributed by atoms with E-state index in [9.17, 15) is 0 Å². The van der Waals surface area contributed by atoms with Gasteiger partial charge in [0.1, 0.15) is 5.75 Å². The lowest BCUT2D eigenvalue weighted by molar-refractivity contribution is 0.416. The molecule has 0 heterocycles. The van der Waals surface area contributed by atoms with E-state index in [4.69, 9.17) is 4.74 Å². The van der Waals surface area contributed by atoms with Crippen LogP contribution in [0.3, 0.4) is 0 Å². The molecule has 1 heteroatoms. The molecule has 0 atom stereocenters. The lowest BCUT2D eigenvalue weighted by Crippen LogP contribution is -1.89. The van der Waals surface area contributed by atoms with Crippen molar-refractivity contribution in [3.63, 3.8) is 0 Å². The van der Waals surface area contributed by atoms with Gasteiger partial charge >= 0.3 is 0 Å². The summed E-state index contributed by atoms with van der Waals surface area (Å²) in [5, 5.41) is 0. The summed E-state index contributed by atoms with van der Waals surface area (Å²) in [6.45, 7) is 0. The van der Waals surface area contributed by atoms with Crippen LogP contribution >= 0.6 is 0 Å². The number of hydrogen-bond donors (Lipinski definition) is 0. The fraction of sp³-hybridized carbons (Fsp3) is 0.0526. The molecule has 0 saturated carbocycles. The lowest BCUT2D eigenvalue weighted by atomic mass is 9.99. The first kappa shape index (κ1) is 12.5. The SMILES string of the molecule is COc1cc(-c2cc[c]cc2)ccc1-c1ccccc1. The quantitative estimate of drug-likeness (QED) is 0.654. The summed E-state index contributed by atoms with van der Waals surface area (Å²) < 4.78 is 5.55. The van der Waals surface area contributed by atoms with E-state index in [2.05, 4.69) is 48.5 Å². The van der Waals surface area contributed by atoms with Crippen LogP contribution in [-0.2, 0) is 0 Å². The van der Waals surface area contributed by atoms with Crippen molar-refractivity contribution in [3.8, 4) is 28.0 Å². The Morgan fingerprint density at radius 3 is 2.20 bits per heavy atom. The second kappa shape index (κ2) is 5.62. The van der Waals surface area contributed by atoms with Crippen LogP contribution in [0.15, 0.2) is 72.8 Å². The summed E-state index contributed by atoms with van der Waals surface area (Å²) in [5.41, 5.74) is 4.59. The highest BCUT2D eigenvalue weighted by Gasteiger charge is 2.07. The van der Waals surface area contributed by atoms with E-state index in [-0.39, 0.29) is 0 Å². The molecule has 0 N–H and O–H groups in total. The number of benzene rings is 3. The molecule has 0 aliphatic rings. The molecule has 3 rings (SSSR count). The maximum atomic E-state index is 5.55. The molecule has 0 unspecified atom stereocenters. The number of hydrogen-bond acceptors (Lipinski definition) is 1. The van der Waals surface area contributed by atoms with Crippen LogP contribution < -0.4 is 4.74 Å². The molecular weight excluding hydrogens is 244 g/mol. The number of rotatable bonds is 3. The van der Waals surface area contributed by atoms with Gasteiger partial charge in [-0.15, -0.1) is 0 Å². The highest BCUT2D eigenvalue weighted by molar-refractivity contribution is 5.76. The monoisotopic (exact) mass is 259 g/mol. The third-order valence-electron chi connectivity index (χ3n) is 3.34. The molecule has 0 fully saturated rings. The van der Waals surface area contributed by atoms with Crippen LogP contribution in [-0.4, -0.2) is 7.11 Å². The Balaban J connectivity index is 2.07. The van der Waals surface area contributed by atoms with E-state index in [0.717, 1.165) is 22.4 Å². The zero-order valence-corrected chi connectivity index (χ0v) is 11.3. The van der Waals surface area contributed by atoms with E-state index in [0.29, 0.717) is 0 Å². The van der Waals surface area contributed by atoms with Gasteiger partial charge < -0.3 is 4.74 Å². The minimum atomic E-state index is 0.890.